The first kappa shape index (κ1) is 21.8. The maximum absolute atomic E-state index is 13.8. The molecule has 0 bridgehead atoms. The molecule has 11 heteroatoms. The van der Waals surface area contributed by atoms with Gasteiger partial charge >= 0.3 is 0 Å². The number of benzene rings is 2. The molecule has 2 atom stereocenters. The van der Waals surface area contributed by atoms with Crippen LogP contribution in [0.1, 0.15) is 5.56 Å². The summed E-state index contributed by atoms with van der Waals surface area (Å²) < 4.78 is 46.3. The van der Waals surface area contributed by atoms with Crippen molar-refractivity contribution < 1.29 is 27.8 Å². The SMILES string of the molecule is N#Cc1ccc(OC2CN(S(=O)(=O)c3cccc(Cl)c3Cl)C[C@@]2(O)CO)cc1F. The molecule has 0 aliphatic carbocycles. The number of nitrogens with zero attached hydrogens (tertiary/aromatic N) is 2. The molecule has 2 N–H and O–H groups in total. The Bertz CT molecular complexity index is 1090. The Morgan fingerprint density at radius 2 is 2.07 bits per heavy atom. The first-order chi connectivity index (χ1) is 13.6. The fourth-order valence-electron chi connectivity index (χ4n) is 2.95. The van der Waals surface area contributed by atoms with Gasteiger partial charge in [-0.05, 0) is 24.3 Å². The van der Waals surface area contributed by atoms with Crippen molar-refractivity contribution >= 4 is 33.2 Å². The Morgan fingerprint density at radius 1 is 1.34 bits per heavy atom. The zero-order valence-electron chi connectivity index (χ0n) is 14.7. The molecule has 0 spiro atoms. The van der Waals surface area contributed by atoms with Crippen LogP contribution in [-0.2, 0) is 10.0 Å². The molecule has 0 aromatic heterocycles. The molecule has 0 radical (unpaired) electrons. The van der Waals surface area contributed by atoms with Gasteiger partial charge in [0.05, 0.1) is 28.8 Å². The van der Waals surface area contributed by atoms with Gasteiger partial charge in [0.25, 0.3) is 0 Å². The van der Waals surface area contributed by atoms with Crippen molar-refractivity contribution in [1.29, 1.82) is 5.26 Å². The number of sulfonamides is 1. The molecule has 2 aromatic carbocycles. The fraction of sp³-hybridized carbons (Fsp3) is 0.278. The summed E-state index contributed by atoms with van der Waals surface area (Å²) >= 11 is 11.9. The summed E-state index contributed by atoms with van der Waals surface area (Å²) in [5, 5.41) is 29.0. The summed E-state index contributed by atoms with van der Waals surface area (Å²) in [5.41, 5.74) is -2.14. The van der Waals surface area contributed by atoms with E-state index in [2.05, 4.69) is 0 Å². The molecule has 154 valence electrons. The van der Waals surface area contributed by atoms with E-state index < -0.39 is 40.7 Å². The van der Waals surface area contributed by atoms with Gasteiger partial charge in [-0.25, -0.2) is 12.8 Å². The van der Waals surface area contributed by atoms with Gasteiger partial charge in [-0.3, -0.25) is 0 Å². The minimum Gasteiger partial charge on any atom is -0.486 e. The molecule has 1 aliphatic rings. The number of aliphatic hydroxyl groups is 2. The highest BCUT2D eigenvalue weighted by Crippen LogP contribution is 2.35. The first-order valence-electron chi connectivity index (χ1n) is 8.26. The van der Waals surface area contributed by atoms with Crippen LogP contribution in [0.25, 0.3) is 0 Å². The molecule has 1 aliphatic heterocycles. The highest BCUT2D eigenvalue weighted by atomic mass is 35.5. The van der Waals surface area contributed by atoms with E-state index in [1.54, 1.807) is 6.07 Å². The van der Waals surface area contributed by atoms with Crippen LogP contribution >= 0.6 is 23.2 Å². The quantitative estimate of drug-likeness (QED) is 0.707. The lowest BCUT2D eigenvalue weighted by molar-refractivity contribution is -0.0641. The van der Waals surface area contributed by atoms with Crippen LogP contribution in [0, 0.1) is 17.1 Å². The summed E-state index contributed by atoms with van der Waals surface area (Å²) in [7, 11) is -4.17. The van der Waals surface area contributed by atoms with E-state index in [9.17, 15) is 23.0 Å². The molecule has 0 saturated carbocycles. The minimum atomic E-state index is -4.17. The summed E-state index contributed by atoms with van der Waals surface area (Å²) in [6.45, 7) is -1.60. The van der Waals surface area contributed by atoms with Crippen LogP contribution < -0.4 is 4.74 Å². The molecular weight excluding hydrogens is 446 g/mol. The van der Waals surface area contributed by atoms with Gasteiger partial charge in [0.1, 0.15) is 34.2 Å². The van der Waals surface area contributed by atoms with Crippen LogP contribution in [-0.4, -0.2) is 54.3 Å². The van der Waals surface area contributed by atoms with Crippen molar-refractivity contribution in [1.82, 2.24) is 4.31 Å². The molecule has 0 amide bonds. The topological polar surface area (TPSA) is 111 Å². The second kappa shape index (κ2) is 8.07. The Hall–Kier alpha value is -1.93. The third kappa shape index (κ3) is 4.05. The van der Waals surface area contributed by atoms with Crippen molar-refractivity contribution in [2.24, 2.45) is 0 Å². The lowest BCUT2D eigenvalue weighted by atomic mass is 10.0. The summed E-state index contributed by atoms with van der Waals surface area (Å²) in [5.74, 6) is -0.857. The number of rotatable bonds is 5. The van der Waals surface area contributed by atoms with Crippen molar-refractivity contribution in [2.45, 2.75) is 16.6 Å². The fourth-order valence-corrected chi connectivity index (χ4v) is 5.19. The van der Waals surface area contributed by atoms with Crippen LogP contribution in [0.3, 0.4) is 0 Å². The lowest BCUT2D eigenvalue weighted by Crippen LogP contribution is -2.48. The van der Waals surface area contributed by atoms with Crippen molar-refractivity contribution in [3.05, 3.63) is 57.8 Å². The van der Waals surface area contributed by atoms with Crippen LogP contribution in [0.15, 0.2) is 41.3 Å². The minimum absolute atomic E-state index is 0.0292. The van der Waals surface area contributed by atoms with Crippen molar-refractivity contribution in [3.63, 3.8) is 0 Å². The van der Waals surface area contributed by atoms with E-state index in [0.29, 0.717) is 0 Å². The molecule has 1 fully saturated rings. The molecule has 1 saturated heterocycles. The van der Waals surface area contributed by atoms with Crippen LogP contribution in [0.4, 0.5) is 4.39 Å². The highest BCUT2D eigenvalue weighted by Gasteiger charge is 2.51. The van der Waals surface area contributed by atoms with Gasteiger partial charge in [0, 0.05) is 12.6 Å². The molecule has 29 heavy (non-hydrogen) atoms. The van der Waals surface area contributed by atoms with E-state index in [-0.39, 0.29) is 32.8 Å². The predicted octanol–water partition coefficient (Wildman–Crippen LogP) is 2.18. The third-order valence-electron chi connectivity index (χ3n) is 4.57. The Balaban J connectivity index is 1.91. The van der Waals surface area contributed by atoms with Crippen LogP contribution in [0.2, 0.25) is 10.0 Å². The summed E-state index contributed by atoms with van der Waals surface area (Å²) in [4.78, 5) is -0.253. The molecule has 7 nitrogen and oxygen atoms in total. The van der Waals surface area contributed by atoms with Gasteiger partial charge in [-0.1, -0.05) is 29.3 Å². The maximum Gasteiger partial charge on any atom is 0.244 e. The Morgan fingerprint density at radius 3 is 2.69 bits per heavy atom. The Labute approximate surface area is 176 Å². The number of halogens is 3. The van der Waals surface area contributed by atoms with E-state index in [1.165, 1.54) is 30.3 Å². The second-order valence-electron chi connectivity index (χ2n) is 6.47. The molecule has 1 heterocycles. The smallest absolute Gasteiger partial charge is 0.244 e. The van der Waals surface area contributed by atoms with E-state index in [4.69, 9.17) is 33.2 Å². The maximum atomic E-state index is 13.8. The highest BCUT2D eigenvalue weighted by molar-refractivity contribution is 7.89. The second-order valence-corrected chi connectivity index (χ2v) is 9.16. The van der Waals surface area contributed by atoms with Crippen molar-refractivity contribution in [3.8, 4) is 11.8 Å². The Kier molecular flexibility index (Phi) is 6.06. The molecule has 3 rings (SSSR count). The number of nitriles is 1. The zero-order valence-corrected chi connectivity index (χ0v) is 17.0. The first-order valence-corrected chi connectivity index (χ1v) is 10.5. The number of hydrogen-bond donors (Lipinski definition) is 2. The number of aliphatic hydroxyl groups excluding tert-OH is 1. The standard InChI is InChI=1S/C18H15Cl2FN2O5S/c19-13-2-1-3-15(17(13)20)29(26,27)23-8-16(18(25,9-23)10-24)28-12-5-4-11(7-22)14(21)6-12/h1-6,16,24-25H,8-10H2/t16?,18-/m1/s1. The third-order valence-corrected chi connectivity index (χ3v) is 7.35. The molecule has 1 unspecified atom stereocenters. The van der Waals surface area contributed by atoms with Gasteiger partial charge < -0.3 is 14.9 Å². The van der Waals surface area contributed by atoms with Gasteiger partial charge in [0.2, 0.25) is 10.0 Å². The average molecular weight is 461 g/mol. The van der Waals surface area contributed by atoms with E-state index in [0.717, 1.165) is 10.4 Å². The van der Waals surface area contributed by atoms with E-state index in [1.807, 2.05) is 0 Å². The van der Waals surface area contributed by atoms with Gasteiger partial charge in [-0.2, -0.15) is 9.57 Å². The lowest BCUT2D eigenvalue weighted by Gasteiger charge is -2.27. The summed E-state index contributed by atoms with van der Waals surface area (Å²) in [6.07, 6.45) is -1.20. The number of hydrogen-bond acceptors (Lipinski definition) is 6. The largest absolute Gasteiger partial charge is 0.486 e. The number of β-amino-alcohol motifs (C(OH)–C–C–N with tert-alkyl or cyclic N) is 1. The van der Waals surface area contributed by atoms with Gasteiger partial charge in [0.15, 0.2) is 0 Å². The normalized spacial score (nSPS) is 22.4. The zero-order chi connectivity index (χ0) is 21.4. The average Bonchev–Trinajstić information content (AvgIpc) is 3.02. The number of ether oxygens (including phenoxy) is 1. The monoisotopic (exact) mass is 460 g/mol. The van der Waals surface area contributed by atoms with Crippen molar-refractivity contribution in [2.75, 3.05) is 19.7 Å². The van der Waals surface area contributed by atoms with E-state index >= 15 is 0 Å². The summed E-state index contributed by atoms with van der Waals surface area (Å²) in [6, 6.07) is 9.24. The van der Waals surface area contributed by atoms with Crippen LogP contribution in [0.5, 0.6) is 5.75 Å². The molecular formula is C18H15Cl2FN2O5S. The molecule has 2 aromatic rings. The van der Waals surface area contributed by atoms with Gasteiger partial charge in [-0.15, -0.1) is 0 Å². The predicted molar refractivity (Wildman–Crippen MR) is 103 cm³/mol.